The SMILES string of the molecule is N#Cc1ccc(-c2ccccc2-c2cc(-n3c4c(c5ccccc53)CCC=C4)nc(-n3c4ccccc4c4cc(C#N)ccc43)c2)cc1. The molecule has 0 atom stereocenters. The molecule has 5 heteroatoms. The highest BCUT2D eigenvalue weighted by atomic mass is 15.1. The third kappa shape index (κ3) is 4.26. The lowest BCUT2D eigenvalue weighted by molar-refractivity contribution is 0.942. The Kier molecular flexibility index (Phi) is 6.32. The van der Waals surface area contributed by atoms with Crippen LogP contribution in [-0.4, -0.2) is 14.1 Å². The first kappa shape index (κ1) is 27.6. The highest BCUT2D eigenvalue weighted by Gasteiger charge is 2.22. The van der Waals surface area contributed by atoms with Crippen LogP contribution in [0, 0.1) is 22.7 Å². The van der Waals surface area contributed by atoms with Gasteiger partial charge in [-0.3, -0.25) is 9.13 Å². The number of nitrogens with zero attached hydrogens (tertiary/aromatic N) is 5. The van der Waals surface area contributed by atoms with Gasteiger partial charge >= 0.3 is 0 Å². The second-order valence-corrected chi connectivity index (χ2v) is 12.2. The summed E-state index contributed by atoms with van der Waals surface area (Å²) in [5.74, 6) is 1.63. The Morgan fingerprint density at radius 1 is 0.542 bits per heavy atom. The molecule has 0 saturated heterocycles. The zero-order valence-electron chi connectivity index (χ0n) is 25.9. The second kappa shape index (κ2) is 11.0. The van der Waals surface area contributed by atoms with Crippen molar-refractivity contribution in [3.63, 3.8) is 0 Å². The lowest BCUT2D eigenvalue weighted by Crippen LogP contribution is -2.07. The Labute approximate surface area is 277 Å². The first-order valence-electron chi connectivity index (χ1n) is 16.1. The number of hydrogen-bond donors (Lipinski definition) is 0. The van der Waals surface area contributed by atoms with Crippen molar-refractivity contribution >= 4 is 38.8 Å². The van der Waals surface area contributed by atoms with Gasteiger partial charge in [-0.1, -0.05) is 78.9 Å². The lowest BCUT2D eigenvalue weighted by atomic mass is 9.94. The summed E-state index contributed by atoms with van der Waals surface area (Å²) >= 11 is 0. The third-order valence-electron chi connectivity index (χ3n) is 9.48. The van der Waals surface area contributed by atoms with E-state index >= 15 is 0 Å². The van der Waals surface area contributed by atoms with Gasteiger partial charge in [0.2, 0.25) is 0 Å². The number of fused-ring (bicyclic) bond motifs is 6. The van der Waals surface area contributed by atoms with Crippen molar-refractivity contribution in [2.75, 3.05) is 0 Å². The number of benzene rings is 5. The zero-order valence-corrected chi connectivity index (χ0v) is 25.9. The standard InChI is InChI=1S/C43H27N5/c44-26-28-17-20-30(21-18-28)32-9-1-2-10-33(32)31-24-42(47-38-14-6-3-11-34(38)35-12-4-7-15-39(35)47)46-43(25-31)48-40-16-8-5-13-36(40)37-23-29(27-45)19-22-41(37)48/h1-3,5-11,13-25H,4,12H2. The van der Waals surface area contributed by atoms with E-state index in [0.29, 0.717) is 11.1 Å². The van der Waals surface area contributed by atoms with Crippen molar-refractivity contribution in [2.24, 2.45) is 0 Å². The van der Waals surface area contributed by atoms with Crippen LogP contribution in [0.15, 0.2) is 133 Å². The number of rotatable bonds is 4. The molecule has 0 spiro atoms. The molecular weight excluding hydrogens is 587 g/mol. The van der Waals surface area contributed by atoms with Crippen LogP contribution in [0.2, 0.25) is 0 Å². The molecule has 0 amide bonds. The molecule has 0 fully saturated rings. The number of allylic oxidation sites excluding steroid dienone is 1. The average Bonchev–Trinajstić information content (AvgIpc) is 3.67. The highest BCUT2D eigenvalue weighted by molar-refractivity contribution is 6.09. The van der Waals surface area contributed by atoms with E-state index in [4.69, 9.17) is 4.98 Å². The van der Waals surface area contributed by atoms with Crippen molar-refractivity contribution in [3.8, 4) is 46.0 Å². The van der Waals surface area contributed by atoms with E-state index < -0.39 is 0 Å². The number of pyridine rings is 1. The Hall–Kier alpha value is -6.69. The van der Waals surface area contributed by atoms with Gasteiger partial charge in [0, 0.05) is 16.2 Å². The van der Waals surface area contributed by atoms with E-state index in [0.717, 1.165) is 74.1 Å². The van der Waals surface area contributed by atoms with E-state index in [-0.39, 0.29) is 0 Å². The van der Waals surface area contributed by atoms with E-state index in [1.54, 1.807) is 0 Å². The van der Waals surface area contributed by atoms with Crippen LogP contribution in [-0.2, 0) is 6.42 Å². The molecule has 1 aliphatic rings. The molecule has 48 heavy (non-hydrogen) atoms. The molecule has 9 rings (SSSR count). The summed E-state index contributed by atoms with van der Waals surface area (Å²) in [5, 5.41) is 22.5. The summed E-state index contributed by atoms with van der Waals surface area (Å²) in [6.45, 7) is 0. The molecule has 0 unspecified atom stereocenters. The molecule has 3 heterocycles. The normalized spacial score (nSPS) is 12.3. The van der Waals surface area contributed by atoms with Crippen LogP contribution >= 0.6 is 0 Å². The molecule has 3 aromatic heterocycles. The van der Waals surface area contributed by atoms with Crippen molar-refractivity contribution < 1.29 is 0 Å². The van der Waals surface area contributed by atoms with E-state index in [1.165, 1.54) is 16.6 Å². The Morgan fingerprint density at radius 2 is 1.15 bits per heavy atom. The first-order chi connectivity index (χ1) is 23.7. The summed E-state index contributed by atoms with van der Waals surface area (Å²) in [5.41, 5.74) is 11.1. The fourth-order valence-corrected chi connectivity index (χ4v) is 7.32. The van der Waals surface area contributed by atoms with Crippen LogP contribution in [0.1, 0.15) is 28.8 Å². The monoisotopic (exact) mass is 613 g/mol. The molecule has 0 radical (unpaired) electrons. The van der Waals surface area contributed by atoms with Crippen molar-refractivity contribution in [2.45, 2.75) is 12.8 Å². The molecule has 8 aromatic rings. The van der Waals surface area contributed by atoms with E-state index in [9.17, 15) is 10.5 Å². The lowest BCUT2D eigenvalue weighted by Gasteiger charge is -2.17. The maximum absolute atomic E-state index is 9.74. The smallest absolute Gasteiger partial charge is 0.140 e. The summed E-state index contributed by atoms with van der Waals surface area (Å²) in [7, 11) is 0. The maximum atomic E-state index is 9.74. The fraction of sp³-hybridized carbons (Fsp3) is 0.0465. The summed E-state index contributed by atoms with van der Waals surface area (Å²) in [6, 6.07) is 47.9. The van der Waals surface area contributed by atoms with Crippen molar-refractivity contribution in [1.29, 1.82) is 10.5 Å². The van der Waals surface area contributed by atoms with Gasteiger partial charge in [0.1, 0.15) is 11.6 Å². The largest absolute Gasteiger partial charge is 0.294 e. The fourth-order valence-electron chi connectivity index (χ4n) is 7.32. The van der Waals surface area contributed by atoms with Crippen LogP contribution in [0.4, 0.5) is 0 Å². The van der Waals surface area contributed by atoms with Crippen molar-refractivity contribution in [1.82, 2.24) is 14.1 Å². The Balaban J connectivity index is 1.38. The molecule has 5 nitrogen and oxygen atoms in total. The van der Waals surface area contributed by atoms with Crippen LogP contribution in [0.3, 0.4) is 0 Å². The topological polar surface area (TPSA) is 70.3 Å². The van der Waals surface area contributed by atoms with Crippen molar-refractivity contribution in [3.05, 3.63) is 156 Å². The second-order valence-electron chi connectivity index (χ2n) is 12.2. The predicted octanol–water partition coefficient (Wildman–Crippen LogP) is 10.2. The minimum atomic E-state index is 0.626. The van der Waals surface area contributed by atoms with Crippen LogP contribution in [0.25, 0.3) is 72.7 Å². The van der Waals surface area contributed by atoms with Crippen LogP contribution < -0.4 is 0 Å². The van der Waals surface area contributed by atoms with Gasteiger partial charge < -0.3 is 0 Å². The van der Waals surface area contributed by atoms with Gasteiger partial charge in [-0.2, -0.15) is 10.5 Å². The molecular formula is C43H27N5. The molecule has 0 aliphatic heterocycles. The van der Waals surface area contributed by atoms with E-state index in [1.807, 2.05) is 48.5 Å². The van der Waals surface area contributed by atoms with E-state index in [2.05, 4.69) is 112 Å². The van der Waals surface area contributed by atoms with Gasteiger partial charge in [-0.25, -0.2) is 4.98 Å². The zero-order chi connectivity index (χ0) is 32.2. The van der Waals surface area contributed by atoms with Gasteiger partial charge in [-0.15, -0.1) is 0 Å². The minimum absolute atomic E-state index is 0.626. The summed E-state index contributed by atoms with van der Waals surface area (Å²) in [6.07, 6.45) is 6.50. The summed E-state index contributed by atoms with van der Waals surface area (Å²) in [4.78, 5) is 5.46. The van der Waals surface area contributed by atoms with Gasteiger partial charge in [-0.05, 0) is 101 Å². The average molecular weight is 614 g/mol. The molecule has 224 valence electrons. The molecule has 0 N–H and O–H groups in total. The number of nitriles is 2. The number of aryl methyl sites for hydroxylation is 1. The molecule has 1 aliphatic carbocycles. The summed E-state index contributed by atoms with van der Waals surface area (Å²) < 4.78 is 4.52. The predicted molar refractivity (Wildman–Crippen MR) is 193 cm³/mol. The van der Waals surface area contributed by atoms with Gasteiger partial charge in [0.25, 0.3) is 0 Å². The minimum Gasteiger partial charge on any atom is -0.294 e. The molecule has 0 bridgehead atoms. The number of aromatic nitrogens is 3. The van der Waals surface area contributed by atoms with Gasteiger partial charge in [0.05, 0.1) is 45.5 Å². The van der Waals surface area contributed by atoms with Gasteiger partial charge in [0.15, 0.2) is 0 Å². The molecule has 5 aromatic carbocycles. The Morgan fingerprint density at radius 3 is 1.90 bits per heavy atom. The maximum Gasteiger partial charge on any atom is 0.140 e. The Bertz CT molecular complexity index is 2690. The molecule has 0 saturated carbocycles. The first-order valence-corrected chi connectivity index (χ1v) is 16.1. The highest BCUT2D eigenvalue weighted by Crippen LogP contribution is 2.39. The quantitative estimate of drug-likeness (QED) is 0.198. The van der Waals surface area contributed by atoms with Crippen LogP contribution in [0.5, 0.6) is 0 Å². The number of hydrogen-bond acceptors (Lipinski definition) is 3. The number of para-hydroxylation sites is 2. The third-order valence-corrected chi connectivity index (χ3v) is 9.48.